The van der Waals surface area contributed by atoms with Gasteiger partial charge in [-0.05, 0) is 12.3 Å². The van der Waals surface area contributed by atoms with E-state index >= 15 is 0 Å². The number of nitrogens with two attached hydrogens (primary N) is 1. The summed E-state index contributed by atoms with van der Waals surface area (Å²) in [4.78, 5) is 10.4. The predicted molar refractivity (Wildman–Crippen MR) is 67.4 cm³/mol. The van der Waals surface area contributed by atoms with Crippen molar-refractivity contribution in [2.75, 3.05) is 0 Å². The number of hydrogen-bond donors (Lipinski definition) is 2. The van der Waals surface area contributed by atoms with Crippen LogP contribution < -0.4 is 5.73 Å². The van der Waals surface area contributed by atoms with Crippen molar-refractivity contribution in [2.45, 2.75) is 71.3 Å². The topological polar surface area (TPSA) is 63.3 Å². The summed E-state index contributed by atoms with van der Waals surface area (Å²) >= 11 is 0. The SMILES string of the molecule is CC(C)CCCCCCCC(N)CC(=O)O. The largest absolute Gasteiger partial charge is 0.481 e. The predicted octanol–water partition coefficient (Wildman–Crippen LogP) is 3.18. The third-order valence-electron chi connectivity index (χ3n) is 2.79. The molecule has 0 aromatic carbocycles. The zero-order valence-electron chi connectivity index (χ0n) is 10.7. The fourth-order valence-electron chi connectivity index (χ4n) is 1.82. The van der Waals surface area contributed by atoms with E-state index in [0.29, 0.717) is 0 Å². The third kappa shape index (κ3) is 11.5. The molecule has 0 aliphatic carbocycles. The van der Waals surface area contributed by atoms with Crippen LogP contribution in [-0.2, 0) is 4.79 Å². The molecule has 0 aliphatic rings. The molecule has 3 N–H and O–H groups in total. The maximum atomic E-state index is 10.4. The van der Waals surface area contributed by atoms with Gasteiger partial charge in [-0.15, -0.1) is 0 Å². The number of carbonyl (C=O) groups is 1. The summed E-state index contributed by atoms with van der Waals surface area (Å²) in [6.07, 6.45) is 8.39. The van der Waals surface area contributed by atoms with Gasteiger partial charge in [0.2, 0.25) is 0 Å². The number of rotatable bonds is 10. The lowest BCUT2D eigenvalue weighted by atomic mass is 10.0. The first-order chi connectivity index (χ1) is 7.52. The zero-order chi connectivity index (χ0) is 12.4. The zero-order valence-corrected chi connectivity index (χ0v) is 10.7. The molecule has 0 radical (unpaired) electrons. The van der Waals surface area contributed by atoms with E-state index < -0.39 is 5.97 Å². The third-order valence-corrected chi connectivity index (χ3v) is 2.79. The second-order valence-corrected chi connectivity index (χ2v) is 5.10. The van der Waals surface area contributed by atoms with Crippen LogP contribution in [0.2, 0.25) is 0 Å². The minimum absolute atomic E-state index is 0.105. The van der Waals surface area contributed by atoms with Gasteiger partial charge in [0.25, 0.3) is 0 Å². The molecule has 0 heterocycles. The van der Waals surface area contributed by atoms with Crippen LogP contribution in [0.5, 0.6) is 0 Å². The van der Waals surface area contributed by atoms with E-state index in [0.717, 1.165) is 18.8 Å². The molecule has 0 aromatic rings. The fourth-order valence-corrected chi connectivity index (χ4v) is 1.82. The van der Waals surface area contributed by atoms with Crippen LogP contribution in [0.1, 0.15) is 65.2 Å². The van der Waals surface area contributed by atoms with Gasteiger partial charge in [0.05, 0.1) is 6.42 Å². The first kappa shape index (κ1) is 15.4. The van der Waals surface area contributed by atoms with Crippen LogP contribution >= 0.6 is 0 Å². The maximum Gasteiger partial charge on any atom is 0.304 e. The quantitative estimate of drug-likeness (QED) is 0.565. The van der Waals surface area contributed by atoms with Crippen LogP contribution in [0.15, 0.2) is 0 Å². The van der Waals surface area contributed by atoms with Crippen LogP contribution in [0.4, 0.5) is 0 Å². The molecule has 0 fully saturated rings. The lowest BCUT2D eigenvalue weighted by Gasteiger charge is -2.08. The highest BCUT2D eigenvalue weighted by Gasteiger charge is 2.06. The van der Waals surface area contributed by atoms with E-state index in [9.17, 15) is 4.79 Å². The standard InChI is InChI=1S/C13H27NO2/c1-11(2)8-6-4-3-5-7-9-12(14)10-13(15)16/h11-12H,3-10,14H2,1-2H3,(H,15,16). The number of hydrogen-bond acceptors (Lipinski definition) is 2. The summed E-state index contributed by atoms with van der Waals surface area (Å²) in [5, 5.41) is 8.53. The maximum absolute atomic E-state index is 10.4. The van der Waals surface area contributed by atoms with E-state index in [1.165, 1.54) is 32.1 Å². The molecule has 3 heteroatoms. The molecule has 1 atom stereocenters. The highest BCUT2D eigenvalue weighted by atomic mass is 16.4. The molecule has 0 saturated carbocycles. The van der Waals surface area contributed by atoms with E-state index in [1.807, 2.05) is 0 Å². The fraction of sp³-hybridized carbons (Fsp3) is 0.923. The van der Waals surface area contributed by atoms with Gasteiger partial charge in [-0.3, -0.25) is 4.79 Å². The number of carboxylic acid groups (broad SMARTS) is 1. The molecule has 96 valence electrons. The van der Waals surface area contributed by atoms with Crippen molar-refractivity contribution in [1.29, 1.82) is 0 Å². The molecule has 0 amide bonds. The highest BCUT2D eigenvalue weighted by Crippen LogP contribution is 2.12. The summed E-state index contributed by atoms with van der Waals surface area (Å²) in [5.74, 6) is 0.0217. The molecule has 3 nitrogen and oxygen atoms in total. The first-order valence-corrected chi connectivity index (χ1v) is 6.49. The van der Waals surface area contributed by atoms with Gasteiger partial charge in [0.15, 0.2) is 0 Å². The molecule has 16 heavy (non-hydrogen) atoms. The Morgan fingerprint density at radius 1 is 1.06 bits per heavy atom. The van der Waals surface area contributed by atoms with Crippen LogP contribution in [0.3, 0.4) is 0 Å². The molecule has 0 rings (SSSR count). The molecule has 1 unspecified atom stereocenters. The van der Waals surface area contributed by atoms with E-state index in [4.69, 9.17) is 10.8 Å². The van der Waals surface area contributed by atoms with Crippen molar-refractivity contribution in [3.05, 3.63) is 0 Å². The lowest BCUT2D eigenvalue weighted by Crippen LogP contribution is -2.23. The van der Waals surface area contributed by atoms with Crippen LogP contribution in [0, 0.1) is 5.92 Å². The van der Waals surface area contributed by atoms with Crippen LogP contribution in [0.25, 0.3) is 0 Å². The molecular weight excluding hydrogens is 202 g/mol. The summed E-state index contributed by atoms with van der Waals surface area (Å²) < 4.78 is 0. The minimum atomic E-state index is -0.788. The van der Waals surface area contributed by atoms with Crippen molar-refractivity contribution in [1.82, 2.24) is 0 Å². The number of aliphatic carboxylic acids is 1. The van der Waals surface area contributed by atoms with Crippen molar-refractivity contribution < 1.29 is 9.90 Å². The van der Waals surface area contributed by atoms with Gasteiger partial charge >= 0.3 is 5.97 Å². The normalized spacial score (nSPS) is 13.0. The second-order valence-electron chi connectivity index (χ2n) is 5.10. The van der Waals surface area contributed by atoms with E-state index in [2.05, 4.69) is 13.8 Å². The molecule has 0 aromatic heterocycles. The lowest BCUT2D eigenvalue weighted by molar-refractivity contribution is -0.137. The smallest absolute Gasteiger partial charge is 0.304 e. The van der Waals surface area contributed by atoms with Crippen molar-refractivity contribution >= 4 is 5.97 Å². The van der Waals surface area contributed by atoms with Gasteiger partial charge in [0.1, 0.15) is 0 Å². The molecule has 0 spiro atoms. The van der Waals surface area contributed by atoms with Gasteiger partial charge in [-0.25, -0.2) is 0 Å². The summed E-state index contributed by atoms with van der Waals surface area (Å²) in [5.41, 5.74) is 5.67. The Labute approximate surface area is 99.4 Å². The monoisotopic (exact) mass is 229 g/mol. The van der Waals surface area contributed by atoms with Crippen molar-refractivity contribution in [2.24, 2.45) is 11.7 Å². The highest BCUT2D eigenvalue weighted by molar-refractivity contribution is 5.67. The number of unbranched alkanes of at least 4 members (excludes halogenated alkanes) is 4. The Hall–Kier alpha value is -0.570. The molecule has 0 bridgehead atoms. The Morgan fingerprint density at radius 3 is 2.06 bits per heavy atom. The van der Waals surface area contributed by atoms with E-state index in [-0.39, 0.29) is 12.5 Å². The first-order valence-electron chi connectivity index (χ1n) is 6.49. The molecule has 0 saturated heterocycles. The molecular formula is C13H27NO2. The Balaban J connectivity index is 3.17. The molecule has 0 aliphatic heterocycles. The number of carboxylic acids is 1. The van der Waals surface area contributed by atoms with Gasteiger partial charge in [-0.1, -0.05) is 52.4 Å². The second kappa shape index (κ2) is 9.64. The van der Waals surface area contributed by atoms with Crippen molar-refractivity contribution in [3.8, 4) is 0 Å². The van der Waals surface area contributed by atoms with Gasteiger partial charge in [0, 0.05) is 6.04 Å². The van der Waals surface area contributed by atoms with Crippen molar-refractivity contribution in [3.63, 3.8) is 0 Å². The Kier molecular flexibility index (Phi) is 9.30. The summed E-state index contributed by atoms with van der Waals surface area (Å²) in [7, 11) is 0. The minimum Gasteiger partial charge on any atom is -0.481 e. The average molecular weight is 229 g/mol. The van der Waals surface area contributed by atoms with Gasteiger partial charge < -0.3 is 10.8 Å². The van der Waals surface area contributed by atoms with E-state index in [1.54, 1.807) is 0 Å². The Bertz CT molecular complexity index is 181. The summed E-state index contributed by atoms with van der Waals surface area (Å²) in [6, 6.07) is -0.159. The Morgan fingerprint density at radius 2 is 1.56 bits per heavy atom. The summed E-state index contributed by atoms with van der Waals surface area (Å²) in [6.45, 7) is 4.51. The van der Waals surface area contributed by atoms with Gasteiger partial charge in [-0.2, -0.15) is 0 Å². The van der Waals surface area contributed by atoms with Crippen LogP contribution in [-0.4, -0.2) is 17.1 Å². The average Bonchev–Trinajstić information content (AvgIpc) is 2.14.